The van der Waals surface area contributed by atoms with Crippen molar-refractivity contribution in [3.8, 4) is 0 Å². The van der Waals surface area contributed by atoms with E-state index in [1.54, 1.807) is 0 Å². The molecule has 0 aliphatic carbocycles. The van der Waals surface area contributed by atoms with E-state index in [2.05, 4.69) is 36.6 Å². The molecule has 0 bridgehead atoms. The average molecular weight is 317 g/mol. The van der Waals surface area contributed by atoms with Crippen molar-refractivity contribution in [2.45, 2.75) is 52.5 Å². The summed E-state index contributed by atoms with van der Waals surface area (Å²) in [5.41, 5.74) is 3.22. The van der Waals surface area contributed by atoms with Gasteiger partial charge in [0.05, 0.1) is 0 Å². The molecule has 1 heterocycles. The van der Waals surface area contributed by atoms with Crippen molar-refractivity contribution in [1.82, 2.24) is 10.2 Å². The second kappa shape index (κ2) is 7.99. The second-order valence-electron chi connectivity index (χ2n) is 5.98. The van der Waals surface area contributed by atoms with E-state index in [4.69, 9.17) is 0 Å². The highest BCUT2D eigenvalue weighted by molar-refractivity contribution is 5.90. The van der Waals surface area contributed by atoms with Crippen molar-refractivity contribution >= 4 is 17.6 Å². The van der Waals surface area contributed by atoms with Crippen LogP contribution in [0.4, 0.5) is 10.5 Å². The normalized spacial score (nSPS) is 17.2. The fraction of sp³-hybridized carbons (Fsp3) is 0.556. The molecule has 0 aromatic heterocycles. The Morgan fingerprint density at radius 3 is 2.65 bits per heavy atom. The van der Waals surface area contributed by atoms with E-state index in [1.807, 2.05) is 17.9 Å². The minimum atomic E-state index is -0.191. The number of urea groups is 1. The van der Waals surface area contributed by atoms with Crippen LogP contribution in [-0.2, 0) is 17.6 Å². The highest BCUT2D eigenvalue weighted by Gasteiger charge is 2.26. The molecule has 1 aromatic carbocycles. The molecule has 3 amide bonds. The predicted octanol–water partition coefficient (Wildman–Crippen LogP) is 2.94. The zero-order valence-corrected chi connectivity index (χ0v) is 14.3. The Bertz CT molecular complexity index is 571. The number of aryl methyl sites for hydroxylation is 2. The van der Waals surface area contributed by atoms with E-state index >= 15 is 0 Å². The number of benzene rings is 1. The maximum absolute atomic E-state index is 12.3. The van der Waals surface area contributed by atoms with Crippen molar-refractivity contribution in [3.05, 3.63) is 29.3 Å². The first-order valence-corrected chi connectivity index (χ1v) is 8.54. The van der Waals surface area contributed by atoms with Crippen molar-refractivity contribution < 1.29 is 9.59 Å². The van der Waals surface area contributed by atoms with Crippen molar-refractivity contribution in [2.75, 3.05) is 18.4 Å². The molecule has 23 heavy (non-hydrogen) atoms. The standard InChI is InChI=1S/C18H27N3O2/c1-4-13-7-8-14(5-2)16(11-13)20-18(23)19-15-9-10-21(12-15)17(22)6-3/h7-8,11,15H,4-6,9-10,12H2,1-3H3,(H2,19,20,23)/t15-/m1/s1. The molecule has 5 heteroatoms. The fourth-order valence-corrected chi connectivity index (χ4v) is 2.94. The molecule has 1 atom stereocenters. The highest BCUT2D eigenvalue weighted by Crippen LogP contribution is 2.19. The van der Waals surface area contributed by atoms with Gasteiger partial charge in [0.2, 0.25) is 5.91 Å². The van der Waals surface area contributed by atoms with E-state index in [0.717, 1.165) is 37.1 Å². The summed E-state index contributed by atoms with van der Waals surface area (Å²) in [7, 11) is 0. The average Bonchev–Trinajstić information content (AvgIpc) is 3.02. The molecule has 0 unspecified atom stereocenters. The Morgan fingerprint density at radius 2 is 2.00 bits per heavy atom. The van der Waals surface area contributed by atoms with Crippen LogP contribution >= 0.6 is 0 Å². The number of anilines is 1. The molecule has 0 spiro atoms. The summed E-state index contributed by atoms with van der Waals surface area (Å²) in [6.07, 6.45) is 3.15. The Hall–Kier alpha value is -2.04. The first-order valence-electron chi connectivity index (χ1n) is 8.54. The summed E-state index contributed by atoms with van der Waals surface area (Å²) in [6.45, 7) is 7.37. The molecule has 2 N–H and O–H groups in total. The number of hydrogen-bond acceptors (Lipinski definition) is 2. The summed E-state index contributed by atoms with van der Waals surface area (Å²) in [6, 6.07) is 6.06. The molecule has 1 aliphatic heterocycles. The molecule has 1 aromatic rings. The summed E-state index contributed by atoms with van der Waals surface area (Å²) in [5, 5.41) is 5.95. The highest BCUT2D eigenvalue weighted by atomic mass is 16.2. The minimum Gasteiger partial charge on any atom is -0.341 e. The van der Waals surface area contributed by atoms with E-state index in [1.165, 1.54) is 5.56 Å². The molecule has 126 valence electrons. The van der Waals surface area contributed by atoms with Crippen LogP contribution < -0.4 is 10.6 Å². The molecule has 2 rings (SSSR count). The molecular weight excluding hydrogens is 290 g/mol. The number of nitrogens with one attached hydrogen (secondary N) is 2. The van der Waals surface area contributed by atoms with Gasteiger partial charge in [0.1, 0.15) is 0 Å². The molecule has 5 nitrogen and oxygen atoms in total. The lowest BCUT2D eigenvalue weighted by atomic mass is 10.1. The van der Waals surface area contributed by atoms with Crippen molar-refractivity contribution in [1.29, 1.82) is 0 Å². The maximum atomic E-state index is 12.3. The van der Waals surface area contributed by atoms with Crippen molar-refractivity contribution in [2.24, 2.45) is 0 Å². The third-order valence-electron chi connectivity index (χ3n) is 4.39. The second-order valence-corrected chi connectivity index (χ2v) is 5.98. The topological polar surface area (TPSA) is 61.4 Å². The number of nitrogens with zero attached hydrogens (tertiary/aromatic N) is 1. The van der Waals surface area contributed by atoms with Gasteiger partial charge in [-0.2, -0.15) is 0 Å². The molecule has 1 saturated heterocycles. The van der Waals surface area contributed by atoms with Gasteiger partial charge in [0, 0.05) is 31.2 Å². The van der Waals surface area contributed by atoms with Crippen LogP contribution in [0.5, 0.6) is 0 Å². The summed E-state index contributed by atoms with van der Waals surface area (Å²) in [5.74, 6) is 0.152. The SMILES string of the molecule is CCC(=O)N1CC[C@@H](NC(=O)Nc2cc(CC)ccc2CC)C1. The number of carbonyl (C=O) groups excluding carboxylic acids is 2. The van der Waals surface area contributed by atoms with Gasteiger partial charge in [0.25, 0.3) is 0 Å². The van der Waals surface area contributed by atoms with Gasteiger partial charge in [-0.3, -0.25) is 4.79 Å². The van der Waals surface area contributed by atoms with Crippen LogP contribution in [0.2, 0.25) is 0 Å². The Balaban J connectivity index is 1.94. The lowest BCUT2D eigenvalue weighted by molar-refractivity contribution is -0.129. The zero-order valence-electron chi connectivity index (χ0n) is 14.3. The zero-order chi connectivity index (χ0) is 16.8. The lowest BCUT2D eigenvalue weighted by Gasteiger charge is -2.17. The summed E-state index contributed by atoms with van der Waals surface area (Å²) < 4.78 is 0. The molecular formula is C18H27N3O2. The molecule has 1 aliphatic rings. The molecule has 0 radical (unpaired) electrons. The number of hydrogen-bond donors (Lipinski definition) is 2. The first kappa shape index (κ1) is 17.3. The smallest absolute Gasteiger partial charge is 0.319 e. The van der Waals surface area contributed by atoms with Gasteiger partial charge in [-0.1, -0.05) is 32.9 Å². The quantitative estimate of drug-likeness (QED) is 0.877. The van der Waals surface area contributed by atoms with Crippen LogP contribution in [-0.4, -0.2) is 36.0 Å². The van der Waals surface area contributed by atoms with Crippen LogP contribution in [0.25, 0.3) is 0 Å². The first-order chi connectivity index (χ1) is 11.1. The van der Waals surface area contributed by atoms with Gasteiger partial charge in [0.15, 0.2) is 0 Å². The summed E-state index contributed by atoms with van der Waals surface area (Å²) >= 11 is 0. The van der Waals surface area contributed by atoms with Crippen LogP contribution in [0, 0.1) is 0 Å². The van der Waals surface area contributed by atoms with Gasteiger partial charge in [-0.25, -0.2) is 4.79 Å². The Kier molecular flexibility index (Phi) is 6.02. The number of likely N-dealkylation sites (tertiary alicyclic amines) is 1. The lowest BCUT2D eigenvalue weighted by Crippen LogP contribution is -2.40. The number of amides is 3. The third-order valence-corrected chi connectivity index (χ3v) is 4.39. The number of rotatable bonds is 5. The summed E-state index contributed by atoms with van der Waals surface area (Å²) in [4.78, 5) is 25.8. The minimum absolute atomic E-state index is 0.0323. The van der Waals surface area contributed by atoms with Gasteiger partial charge >= 0.3 is 6.03 Å². The van der Waals surface area contributed by atoms with Crippen LogP contribution in [0.15, 0.2) is 18.2 Å². The van der Waals surface area contributed by atoms with Gasteiger partial charge < -0.3 is 15.5 Å². The monoisotopic (exact) mass is 317 g/mol. The van der Waals surface area contributed by atoms with Crippen molar-refractivity contribution in [3.63, 3.8) is 0 Å². The molecule has 1 fully saturated rings. The van der Waals surface area contributed by atoms with E-state index in [9.17, 15) is 9.59 Å². The fourth-order valence-electron chi connectivity index (χ4n) is 2.94. The van der Waals surface area contributed by atoms with E-state index in [-0.39, 0.29) is 18.0 Å². The Morgan fingerprint density at radius 1 is 1.22 bits per heavy atom. The van der Waals surface area contributed by atoms with E-state index < -0.39 is 0 Å². The largest absolute Gasteiger partial charge is 0.341 e. The Labute approximate surface area is 138 Å². The van der Waals surface area contributed by atoms with Gasteiger partial charge in [-0.15, -0.1) is 0 Å². The van der Waals surface area contributed by atoms with Gasteiger partial charge in [-0.05, 0) is 36.5 Å². The van der Waals surface area contributed by atoms with Crippen LogP contribution in [0.1, 0.15) is 44.7 Å². The molecule has 0 saturated carbocycles. The third kappa shape index (κ3) is 4.47. The predicted molar refractivity (Wildman–Crippen MR) is 92.6 cm³/mol. The van der Waals surface area contributed by atoms with Crippen LogP contribution in [0.3, 0.4) is 0 Å². The maximum Gasteiger partial charge on any atom is 0.319 e. The van der Waals surface area contributed by atoms with E-state index in [0.29, 0.717) is 13.0 Å². The number of carbonyl (C=O) groups is 2.